The summed E-state index contributed by atoms with van der Waals surface area (Å²) in [5.41, 5.74) is -0.107. The number of piperidine rings is 1. The van der Waals surface area contributed by atoms with Crippen molar-refractivity contribution in [3.8, 4) is 0 Å². The lowest BCUT2D eigenvalue weighted by atomic mass is 10.0. The van der Waals surface area contributed by atoms with Crippen LogP contribution in [-0.2, 0) is 14.8 Å². The maximum Gasteiger partial charge on any atom is 0.410 e. The molecule has 1 aromatic carbocycles. The highest BCUT2D eigenvalue weighted by molar-refractivity contribution is 7.89. The summed E-state index contributed by atoms with van der Waals surface area (Å²) >= 11 is 0. The average Bonchev–Trinajstić information content (AvgIpc) is 3.03. The molecule has 2 fully saturated rings. The van der Waals surface area contributed by atoms with Crippen LogP contribution in [0.1, 0.15) is 69.7 Å². The molecule has 0 bridgehead atoms. The average molecular weight is 466 g/mol. The van der Waals surface area contributed by atoms with Gasteiger partial charge in [-0.15, -0.1) is 0 Å². The van der Waals surface area contributed by atoms with Crippen molar-refractivity contribution in [1.29, 1.82) is 0 Å². The lowest BCUT2D eigenvalue weighted by Gasteiger charge is -2.33. The van der Waals surface area contributed by atoms with Crippen molar-refractivity contribution in [1.82, 2.24) is 14.5 Å². The first-order chi connectivity index (χ1) is 15.1. The molecule has 1 aromatic rings. The van der Waals surface area contributed by atoms with Crippen molar-refractivity contribution in [3.63, 3.8) is 0 Å². The number of sulfonamides is 1. The standard InChI is InChI=1S/C23H35N3O5S/c1-23(2,3)31-22(28)25-16-12-19(13-17-25)24-21(27)18-8-10-20(11-9-18)32(29,30)26-14-6-4-5-7-15-26/h8-11,19H,4-7,12-17H2,1-3H3,(H,24,27). The third-order valence-corrected chi connectivity index (χ3v) is 7.71. The highest BCUT2D eigenvalue weighted by atomic mass is 32.2. The predicted molar refractivity (Wildman–Crippen MR) is 122 cm³/mol. The van der Waals surface area contributed by atoms with Crippen molar-refractivity contribution in [2.45, 2.75) is 75.8 Å². The largest absolute Gasteiger partial charge is 0.444 e. The van der Waals surface area contributed by atoms with Crippen molar-refractivity contribution in [3.05, 3.63) is 29.8 Å². The minimum absolute atomic E-state index is 0.0401. The summed E-state index contributed by atoms with van der Waals surface area (Å²) in [7, 11) is -3.53. The Morgan fingerprint density at radius 1 is 0.938 bits per heavy atom. The van der Waals surface area contributed by atoms with Gasteiger partial charge in [-0.3, -0.25) is 4.79 Å². The lowest BCUT2D eigenvalue weighted by Crippen LogP contribution is -2.47. The molecule has 2 heterocycles. The third-order valence-electron chi connectivity index (χ3n) is 5.80. The predicted octanol–water partition coefficient (Wildman–Crippen LogP) is 3.38. The van der Waals surface area contributed by atoms with Gasteiger partial charge in [-0.2, -0.15) is 4.31 Å². The van der Waals surface area contributed by atoms with Crippen LogP contribution in [0.5, 0.6) is 0 Å². The fourth-order valence-corrected chi connectivity index (χ4v) is 5.53. The van der Waals surface area contributed by atoms with Crippen molar-refractivity contribution in [2.24, 2.45) is 0 Å². The zero-order chi connectivity index (χ0) is 23.4. The third kappa shape index (κ3) is 6.45. The van der Waals surface area contributed by atoms with Gasteiger partial charge in [-0.05, 0) is 70.7 Å². The summed E-state index contributed by atoms with van der Waals surface area (Å²) in [5, 5.41) is 3.00. The van der Waals surface area contributed by atoms with Gasteiger partial charge in [0.2, 0.25) is 10.0 Å². The van der Waals surface area contributed by atoms with Gasteiger partial charge < -0.3 is 15.0 Å². The second kappa shape index (κ2) is 10.2. The summed E-state index contributed by atoms with van der Waals surface area (Å²) in [5.74, 6) is -0.237. The number of carbonyl (C=O) groups is 2. The van der Waals surface area contributed by atoms with E-state index in [4.69, 9.17) is 4.74 Å². The molecular weight excluding hydrogens is 430 g/mol. The molecule has 0 unspecified atom stereocenters. The number of carbonyl (C=O) groups excluding carboxylic acids is 2. The van der Waals surface area contributed by atoms with Gasteiger partial charge >= 0.3 is 6.09 Å². The van der Waals surface area contributed by atoms with E-state index in [9.17, 15) is 18.0 Å². The maximum atomic E-state index is 12.9. The minimum Gasteiger partial charge on any atom is -0.444 e. The van der Waals surface area contributed by atoms with Crippen molar-refractivity contribution in [2.75, 3.05) is 26.2 Å². The van der Waals surface area contributed by atoms with Crippen LogP contribution in [-0.4, -0.2) is 67.4 Å². The van der Waals surface area contributed by atoms with Crippen LogP contribution in [0.15, 0.2) is 29.2 Å². The van der Waals surface area contributed by atoms with E-state index in [0.717, 1.165) is 25.7 Å². The molecule has 2 aliphatic rings. The molecule has 32 heavy (non-hydrogen) atoms. The van der Waals surface area contributed by atoms with Gasteiger partial charge in [0.1, 0.15) is 5.60 Å². The molecule has 0 aromatic heterocycles. The second-order valence-corrected chi connectivity index (χ2v) is 11.5. The number of ether oxygens (including phenoxy) is 1. The summed E-state index contributed by atoms with van der Waals surface area (Å²) in [6.45, 7) is 7.64. The highest BCUT2D eigenvalue weighted by Gasteiger charge is 2.28. The fourth-order valence-electron chi connectivity index (χ4n) is 4.01. The molecule has 2 saturated heterocycles. The Morgan fingerprint density at radius 2 is 1.50 bits per heavy atom. The Hall–Kier alpha value is -2.13. The van der Waals surface area contributed by atoms with Crippen LogP contribution in [0.3, 0.4) is 0 Å². The first-order valence-corrected chi connectivity index (χ1v) is 12.9. The Morgan fingerprint density at radius 3 is 2.03 bits per heavy atom. The lowest BCUT2D eigenvalue weighted by molar-refractivity contribution is 0.0199. The van der Waals surface area contributed by atoms with Gasteiger partial charge in [0.15, 0.2) is 0 Å². The Kier molecular flexibility index (Phi) is 7.82. The van der Waals surface area contributed by atoms with Crippen LogP contribution in [0, 0.1) is 0 Å². The van der Waals surface area contributed by atoms with Crippen molar-refractivity contribution < 1.29 is 22.7 Å². The molecule has 8 nitrogen and oxygen atoms in total. The van der Waals surface area contributed by atoms with E-state index in [2.05, 4.69) is 5.32 Å². The van der Waals surface area contributed by atoms with Gasteiger partial charge in [-0.25, -0.2) is 13.2 Å². The van der Waals surface area contributed by atoms with Crippen LogP contribution in [0.4, 0.5) is 4.79 Å². The molecular formula is C23H35N3O5S. The zero-order valence-electron chi connectivity index (χ0n) is 19.3. The smallest absolute Gasteiger partial charge is 0.410 e. The summed E-state index contributed by atoms with van der Waals surface area (Å²) in [6, 6.07) is 6.12. The molecule has 0 atom stereocenters. The number of nitrogens with one attached hydrogen (secondary N) is 1. The van der Waals surface area contributed by atoms with Gasteiger partial charge in [0.25, 0.3) is 5.91 Å². The van der Waals surface area contributed by atoms with E-state index in [1.807, 2.05) is 20.8 Å². The number of nitrogens with zero attached hydrogens (tertiary/aromatic N) is 2. The molecule has 3 rings (SSSR count). The molecule has 1 N–H and O–H groups in total. The van der Waals surface area contributed by atoms with Gasteiger partial charge in [0.05, 0.1) is 4.90 Å². The molecule has 2 amide bonds. The highest BCUT2D eigenvalue weighted by Crippen LogP contribution is 2.21. The number of likely N-dealkylation sites (tertiary alicyclic amines) is 1. The zero-order valence-corrected chi connectivity index (χ0v) is 20.1. The Balaban J connectivity index is 1.54. The van der Waals surface area contributed by atoms with E-state index < -0.39 is 15.6 Å². The summed E-state index contributed by atoms with van der Waals surface area (Å²) in [6.07, 6.45) is 4.84. The van der Waals surface area contributed by atoms with Crippen LogP contribution >= 0.6 is 0 Å². The molecule has 0 radical (unpaired) electrons. The first kappa shape index (κ1) is 24.5. The molecule has 0 spiro atoms. The maximum absolute atomic E-state index is 12.9. The number of rotatable bonds is 4. The summed E-state index contributed by atoms with van der Waals surface area (Å²) < 4.78 is 32.7. The van der Waals surface area contributed by atoms with Crippen molar-refractivity contribution >= 4 is 22.0 Å². The second-order valence-electron chi connectivity index (χ2n) is 9.56. The SMILES string of the molecule is CC(C)(C)OC(=O)N1CCC(NC(=O)c2ccc(S(=O)(=O)N3CCCCCC3)cc2)CC1. The number of hydrogen-bond donors (Lipinski definition) is 1. The fraction of sp³-hybridized carbons (Fsp3) is 0.652. The monoisotopic (exact) mass is 465 g/mol. The van der Waals surface area contributed by atoms with Crippen LogP contribution in [0.2, 0.25) is 0 Å². The molecule has 0 saturated carbocycles. The van der Waals surface area contributed by atoms with E-state index >= 15 is 0 Å². The normalized spacial score (nSPS) is 19.3. The first-order valence-electron chi connectivity index (χ1n) is 11.5. The molecule has 0 aliphatic carbocycles. The minimum atomic E-state index is -3.53. The topological polar surface area (TPSA) is 96.0 Å². The Labute approximate surface area is 191 Å². The number of hydrogen-bond acceptors (Lipinski definition) is 5. The van der Waals surface area contributed by atoms with E-state index in [-0.39, 0.29) is 22.9 Å². The number of benzene rings is 1. The molecule has 2 aliphatic heterocycles. The number of amides is 2. The summed E-state index contributed by atoms with van der Waals surface area (Å²) in [4.78, 5) is 26.7. The van der Waals surface area contributed by atoms with E-state index in [1.54, 1.807) is 21.3 Å². The van der Waals surface area contributed by atoms with Gasteiger partial charge in [0, 0.05) is 37.8 Å². The van der Waals surface area contributed by atoms with Crippen LogP contribution in [0.25, 0.3) is 0 Å². The quantitative estimate of drug-likeness (QED) is 0.735. The van der Waals surface area contributed by atoms with E-state index in [1.165, 1.54) is 12.1 Å². The van der Waals surface area contributed by atoms with E-state index in [0.29, 0.717) is 44.6 Å². The molecule has 178 valence electrons. The Bertz CT molecular complexity index is 893. The van der Waals surface area contributed by atoms with Gasteiger partial charge in [-0.1, -0.05) is 12.8 Å². The molecule has 9 heteroatoms. The van der Waals surface area contributed by atoms with Crippen LogP contribution < -0.4 is 5.32 Å².